The second kappa shape index (κ2) is 6.68. The van der Waals surface area contributed by atoms with Crippen molar-refractivity contribution < 1.29 is 0 Å². The molecule has 0 bridgehead atoms. The molecule has 4 rings (SSSR count). The lowest BCUT2D eigenvalue weighted by Crippen LogP contribution is -2.45. The van der Waals surface area contributed by atoms with Gasteiger partial charge in [-0.3, -0.25) is 0 Å². The summed E-state index contributed by atoms with van der Waals surface area (Å²) in [5, 5.41) is 10.4. The molecule has 142 valence electrons. The average Bonchev–Trinajstić information content (AvgIpc) is 3.08. The Kier molecular flexibility index (Phi) is 4.44. The summed E-state index contributed by atoms with van der Waals surface area (Å²) in [4.78, 5) is 10.1. The van der Waals surface area contributed by atoms with Crippen LogP contribution in [0.5, 0.6) is 0 Å². The number of nitrogens with zero attached hydrogens (tertiary/aromatic N) is 3. The fraction of sp³-hybridized carbons (Fsp3) is 0.304. The van der Waals surface area contributed by atoms with Crippen LogP contribution < -0.4 is 4.90 Å². The first-order chi connectivity index (χ1) is 13.3. The SMILES string of the molecule is CC1CC(C)(C)N(C)c2cc(Cl)c(/C=C(\C#N)c3nc4ccccc4[nH]3)cc21. The Bertz CT molecular complexity index is 1100. The zero-order valence-electron chi connectivity index (χ0n) is 16.5. The van der Waals surface area contributed by atoms with Gasteiger partial charge in [0, 0.05) is 23.3 Å². The third-order valence-electron chi connectivity index (χ3n) is 5.82. The van der Waals surface area contributed by atoms with Crippen molar-refractivity contribution in [1.82, 2.24) is 9.97 Å². The number of anilines is 1. The van der Waals surface area contributed by atoms with E-state index in [0.29, 0.717) is 22.3 Å². The van der Waals surface area contributed by atoms with E-state index in [9.17, 15) is 5.26 Å². The van der Waals surface area contributed by atoms with Gasteiger partial charge in [0.1, 0.15) is 11.9 Å². The molecule has 1 unspecified atom stereocenters. The van der Waals surface area contributed by atoms with Crippen molar-refractivity contribution in [3.8, 4) is 6.07 Å². The average molecular weight is 391 g/mol. The van der Waals surface area contributed by atoms with E-state index in [1.807, 2.05) is 36.4 Å². The molecule has 1 aliphatic heterocycles. The summed E-state index contributed by atoms with van der Waals surface area (Å²) >= 11 is 6.62. The molecule has 0 radical (unpaired) electrons. The molecular formula is C23H23ClN4. The van der Waals surface area contributed by atoms with E-state index in [1.54, 1.807) is 0 Å². The number of H-pyrrole nitrogens is 1. The van der Waals surface area contributed by atoms with Crippen LogP contribution in [0.4, 0.5) is 5.69 Å². The number of rotatable bonds is 2. The molecule has 28 heavy (non-hydrogen) atoms. The summed E-state index contributed by atoms with van der Waals surface area (Å²) in [5.41, 5.74) is 5.57. The summed E-state index contributed by atoms with van der Waals surface area (Å²) in [6.45, 7) is 6.76. The molecule has 5 heteroatoms. The van der Waals surface area contributed by atoms with Gasteiger partial charge in [-0.25, -0.2) is 4.98 Å². The molecule has 4 nitrogen and oxygen atoms in total. The lowest BCUT2D eigenvalue weighted by Gasteiger charge is -2.45. The topological polar surface area (TPSA) is 55.7 Å². The molecule has 0 saturated carbocycles. The summed E-state index contributed by atoms with van der Waals surface area (Å²) in [7, 11) is 2.12. The maximum absolute atomic E-state index is 9.73. The van der Waals surface area contributed by atoms with E-state index < -0.39 is 0 Å². The van der Waals surface area contributed by atoms with Crippen molar-refractivity contribution in [3.05, 3.63) is 58.4 Å². The standard InChI is InChI=1S/C23H23ClN4/c1-14-12-23(2,3)28(4)21-11-18(24)15(10-17(14)21)9-16(13-25)22-26-19-7-5-6-8-20(19)27-22/h5-11,14H,12H2,1-4H3,(H,26,27)/b16-9+. The highest BCUT2D eigenvalue weighted by molar-refractivity contribution is 6.32. The number of allylic oxidation sites excluding steroid dienone is 1. The highest BCUT2D eigenvalue weighted by Gasteiger charge is 2.34. The van der Waals surface area contributed by atoms with Crippen molar-refractivity contribution in [2.24, 2.45) is 0 Å². The number of imidazole rings is 1. The maximum Gasteiger partial charge on any atom is 0.149 e. The third kappa shape index (κ3) is 3.06. The van der Waals surface area contributed by atoms with Crippen LogP contribution in [0.1, 0.15) is 50.1 Å². The van der Waals surface area contributed by atoms with E-state index in [-0.39, 0.29) is 5.54 Å². The van der Waals surface area contributed by atoms with Gasteiger partial charge in [0.05, 0.1) is 16.6 Å². The highest BCUT2D eigenvalue weighted by atomic mass is 35.5. The minimum Gasteiger partial charge on any atom is -0.369 e. The number of aromatic nitrogens is 2. The molecular weight excluding hydrogens is 368 g/mol. The molecule has 0 aliphatic carbocycles. The Morgan fingerprint density at radius 3 is 2.82 bits per heavy atom. The van der Waals surface area contributed by atoms with Crippen molar-refractivity contribution in [1.29, 1.82) is 5.26 Å². The van der Waals surface area contributed by atoms with E-state index in [1.165, 1.54) is 5.56 Å². The van der Waals surface area contributed by atoms with Gasteiger partial charge >= 0.3 is 0 Å². The number of fused-ring (bicyclic) bond motifs is 2. The van der Waals surface area contributed by atoms with Gasteiger partial charge in [-0.2, -0.15) is 5.26 Å². The van der Waals surface area contributed by atoms with E-state index in [0.717, 1.165) is 28.7 Å². The van der Waals surface area contributed by atoms with Crippen molar-refractivity contribution in [2.45, 2.75) is 38.6 Å². The fourth-order valence-corrected chi connectivity index (χ4v) is 4.32. The van der Waals surface area contributed by atoms with Crippen molar-refractivity contribution >= 4 is 40.0 Å². The van der Waals surface area contributed by atoms with Crippen LogP contribution in [-0.4, -0.2) is 22.6 Å². The summed E-state index contributed by atoms with van der Waals surface area (Å²) in [6, 6.07) is 14.2. The lowest BCUT2D eigenvalue weighted by atomic mass is 9.80. The molecule has 1 atom stereocenters. The Morgan fingerprint density at radius 1 is 1.36 bits per heavy atom. The van der Waals surface area contributed by atoms with E-state index >= 15 is 0 Å². The molecule has 0 fully saturated rings. The molecule has 2 aromatic carbocycles. The Labute approximate surface area is 170 Å². The molecule has 2 heterocycles. The maximum atomic E-state index is 9.73. The van der Waals surface area contributed by atoms with Crippen LogP contribution >= 0.6 is 11.6 Å². The molecule has 0 amide bonds. The molecule has 1 aromatic heterocycles. The van der Waals surface area contributed by atoms with Crippen LogP contribution in [0, 0.1) is 11.3 Å². The Hall–Kier alpha value is -2.77. The minimum absolute atomic E-state index is 0.0825. The van der Waals surface area contributed by atoms with Crippen LogP contribution in [0.25, 0.3) is 22.7 Å². The number of aromatic amines is 1. The summed E-state index contributed by atoms with van der Waals surface area (Å²) < 4.78 is 0. The van der Waals surface area contributed by atoms with E-state index in [4.69, 9.17) is 11.6 Å². The number of nitrogens with one attached hydrogen (secondary N) is 1. The number of hydrogen-bond donors (Lipinski definition) is 1. The Balaban J connectivity index is 1.81. The number of nitriles is 1. The quantitative estimate of drug-likeness (QED) is 0.545. The predicted molar refractivity (Wildman–Crippen MR) is 117 cm³/mol. The van der Waals surface area contributed by atoms with Crippen molar-refractivity contribution in [2.75, 3.05) is 11.9 Å². The smallest absolute Gasteiger partial charge is 0.149 e. The molecule has 1 N–H and O–H groups in total. The van der Waals surface area contributed by atoms with Gasteiger partial charge in [-0.15, -0.1) is 0 Å². The molecule has 1 aliphatic rings. The van der Waals surface area contributed by atoms with Gasteiger partial charge in [0.15, 0.2) is 0 Å². The Morgan fingerprint density at radius 2 is 2.11 bits per heavy atom. The summed E-state index contributed by atoms with van der Waals surface area (Å²) in [5.74, 6) is 0.978. The highest BCUT2D eigenvalue weighted by Crippen LogP contribution is 2.44. The summed E-state index contributed by atoms with van der Waals surface area (Å²) in [6.07, 6.45) is 2.89. The molecule has 0 saturated heterocycles. The van der Waals surface area contributed by atoms with E-state index in [2.05, 4.69) is 54.8 Å². The fourth-order valence-electron chi connectivity index (χ4n) is 4.10. The van der Waals surface area contributed by atoms with Gasteiger partial charge in [-0.1, -0.05) is 30.7 Å². The van der Waals surface area contributed by atoms with Crippen molar-refractivity contribution in [3.63, 3.8) is 0 Å². The largest absolute Gasteiger partial charge is 0.369 e. The third-order valence-corrected chi connectivity index (χ3v) is 6.14. The molecule has 0 spiro atoms. The van der Waals surface area contributed by atoms with Gasteiger partial charge in [0.2, 0.25) is 0 Å². The van der Waals surface area contributed by atoms with Gasteiger partial charge in [-0.05, 0) is 67.7 Å². The van der Waals surface area contributed by atoms with Crippen LogP contribution in [0.2, 0.25) is 5.02 Å². The van der Waals surface area contributed by atoms with Crippen LogP contribution in [0.3, 0.4) is 0 Å². The number of halogens is 1. The zero-order valence-corrected chi connectivity index (χ0v) is 17.3. The van der Waals surface area contributed by atoms with Crippen LogP contribution in [0.15, 0.2) is 36.4 Å². The molecule has 3 aromatic rings. The second-order valence-electron chi connectivity index (χ2n) is 8.18. The van der Waals surface area contributed by atoms with Gasteiger partial charge in [0.25, 0.3) is 0 Å². The number of para-hydroxylation sites is 2. The number of hydrogen-bond acceptors (Lipinski definition) is 3. The van der Waals surface area contributed by atoms with Crippen LogP contribution in [-0.2, 0) is 0 Å². The first kappa shape index (κ1) is 18.6. The number of benzene rings is 2. The normalized spacial score (nSPS) is 18.8. The monoisotopic (exact) mass is 390 g/mol. The first-order valence-corrected chi connectivity index (χ1v) is 9.82. The second-order valence-corrected chi connectivity index (χ2v) is 8.59. The minimum atomic E-state index is 0.0825. The zero-order chi connectivity index (χ0) is 20.1. The predicted octanol–water partition coefficient (Wildman–Crippen LogP) is 6.00. The lowest BCUT2D eigenvalue weighted by molar-refractivity contribution is 0.395. The first-order valence-electron chi connectivity index (χ1n) is 9.44. The van der Waals surface area contributed by atoms with Gasteiger partial charge < -0.3 is 9.88 Å².